The highest BCUT2D eigenvalue weighted by atomic mass is 15.3. The van der Waals surface area contributed by atoms with E-state index in [0.29, 0.717) is 0 Å². The number of piperazine rings is 1. The van der Waals surface area contributed by atoms with Crippen LogP contribution in [0.5, 0.6) is 0 Å². The maximum atomic E-state index is 3.56. The Labute approximate surface area is 107 Å². The molecule has 0 saturated carbocycles. The van der Waals surface area contributed by atoms with Gasteiger partial charge in [0.15, 0.2) is 0 Å². The number of nitrogens with one attached hydrogen (secondary N) is 1. The van der Waals surface area contributed by atoms with Gasteiger partial charge in [0.2, 0.25) is 0 Å². The smallest absolute Gasteiger partial charge is 0.0247 e. The minimum absolute atomic E-state index is 0.736. The van der Waals surface area contributed by atoms with Gasteiger partial charge in [-0.2, -0.15) is 0 Å². The van der Waals surface area contributed by atoms with Crippen LogP contribution in [0.2, 0.25) is 0 Å². The van der Waals surface area contributed by atoms with Crippen LogP contribution < -0.4 is 5.32 Å². The SMILES string of the molecule is CC(C)C1CNCCN1C1CCN(C)CC1C. The van der Waals surface area contributed by atoms with Gasteiger partial charge in [-0.1, -0.05) is 20.8 Å². The predicted molar refractivity (Wildman–Crippen MR) is 73.3 cm³/mol. The summed E-state index contributed by atoms with van der Waals surface area (Å²) in [5.74, 6) is 1.57. The molecule has 2 rings (SSSR count). The Bertz CT molecular complexity index is 242. The third-order valence-electron chi connectivity index (χ3n) is 4.58. The topological polar surface area (TPSA) is 18.5 Å². The summed E-state index contributed by atoms with van der Waals surface area (Å²) in [4.78, 5) is 5.28. The molecule has 0 amide bonds. The van der Waals surface area contributed by atoms with Crippen molar-refractivity contribution in [3.8, 4) is 0 Å². The van der Waals surface area contributed by atoms with E-state index in [1.807, 2.05) is 0 Å². The average Bonchev–Trinajstić information content (AvgIpc) is 2.29. The van der Waals surface area contributed by atoms with E-state index in [0.717, 1.165) is 23.9 Å². The van der Waals surface area contributed by atoms with Crippen molar-refractivity contribution in [3.63, 3.8) is 0 Å². The molecule has 2 aliphatic heterocycles. The maximum absolute atomic E-state index is 3.56. The van der Waals surface area contributed by atoms with Crippen LogP contribution in [0.15, 0.2) is 0 Å². The zero-order chi connectivity index (χ0) is 12.4. The van der Waals surface area contributed by atoms with E-state index in [9.17, 15) is 0 Å². The quantitative estimate of drug-likeness (QED) is 0.782. The molecule has 3 nitrogen and oxygen atoms in total. The number of hydrogen-bond donors (Lipinski definition) is 1. The third-order valence-corrected chi connectivity index (χ3v) is 4.58. The molecule has 0 aromatic carbocycles. The van der Waals surface area contributed by atoms with Gasteiger partial charge in [-0.05, 0) is 31.8 Å². The fourth-order valence-corrected chi connectivity index (χ4v) is 3.61. The van der Waals surface area contributed by atoms with Crippen molar-refractivity contribution < 1.29 is 0 Å². The zero-order valence-corrected chi connectivity index (χ0v) is 11.9. The molecule has 0 spiro atoms. The van der Waals surface area contributed by atoms with Gasteiger partial charge in [0, 0.05) is 38.3 Å². The van der Waals surface area contributed by atoms with E-state index in [1.165, 1.54) is 39.1 Å². The summed E-state index contributed by atoms with van der Waals surface area (Å²) in [7, 11) is 2.25. The van der Waals surface area contributed by atoms with E-state index < -0.39 is 0 Å². The fraction of sp³-hybridized carbons (Fsp3) is 1.00. The van der Waals surface area contributed by atoms with Gasteiger partial charge < -0.3 is 10.2 Å². The van der Waals surface area contributed by atoms with Gasteiger partial charge in [0.25, 0.3) is 0 Å². The van der Waals surface area contributed by atoms with Crippen molar-refractivity contribution in [2.75, 3.05) is 39.8 Å². The van der Waals surface area contributed by atoms with Gasteiger partial charge in [0.05, 0.1) is 0 Å². The number of rotatable bonds is 2. The summed E-state index contributed by atoms with van der Waals surface area (Å²) in [6.07, 6.45) is 1.35. The van der Waals surface area contributed by atoms with Crippen LogP contribution in [0.3, 0.4) is 0 Å². The second-order valence-corrected chi connectivity index (χ2v) is 6.35. The molecule has 3 unspecified atom stereocenters. The largest absolute Gasteiger partial charge is 0.314 e. The summed E-state index contributed by atoms with van der Waals surface area (Å²) in [6.45, 7) is 13.3. The fourth-order valence-electron chi connectivity index (χ4n) is 3.61. The second-order valence-electron chi connectivity index (χ2n) is 6.35. The lowest BCUT2D eigenvalue weighted by Crippen LogP contribution is -2.60. The molecule has 0 bridgehead atoms. The van der Waals surface area contributed by atoms with E-state index in [4.69, 9.17) is 0 Å². The van der Waals surface area contributed by atoms with Crippen molar-refractivity contribution in [1.82, 2.24) is 15.1 Å². The van der Waals surface area contributed by atoms with Crippen molar-refractivity contribution in [2.24, 2.45) is 11.8 Å². The number of likely N-dealkylation sites (tertiary alicyclic amines) is 1. The second kappa shape index (κ2) is 5.68. The summed E-state index contributed by atoms with van der Waals surface area (Å²) >= 11 is 0. The van der Waals surface area contributed by atoms with E-state index >= 15 is 0 Å². The molecular weight excluding hydrogens is 210 g/mol. The molecular formula is C14H29N3. The predicted octanol–water partition coefficient (Wildman–Crippen LogP) is 1.26. The molecule has 3 heteroatoms. The minimum atomic E-state index is 0.736. The van der Waals surface area contributed by atoms with Crippen LogP contribution in [0.4, 0.5) is 0 Å². The summed E-state index contributed by atoms with van der Waals surface area (Å²) < 4.78 is 0. The Hall–Kier alpha value is -0.120. The zero-order valence-electron chi connectivity index (χ0n) is 11.9. The van der Waals surface area contributed by atoms with Crippen LogP contribution >= 0.6 is 0 Å². The lowest BCUT2D eigenvalue weighted by atomic mass is 9.88. The molecule has 0 aromatic heterocycles. The monoisotopic (exact) mass is 239 g/mol. The molecule has 3 atom stereocenters. The van der Waals surface area contributed by atoms with E-state index in [2.05, 4.69) is 42.9 Å². The highest BCUT2D eigenvalue weighted by Crippen LogP contribution is 2.26. The Morgan fingerprint density at radius 1 is 1.24 bits per heavy atom. The molecule has 0 aliphatic carbocycles. The minimum Gasteiger partial charge on any atom is -0.314 e. The lowest BCUT2D eigenvalue weighted by molar-refractivity contribution is 0.0149. The Balaban J connectivity index is 2.03. The van der Waals surface area contributed by atoms with Gasteiger partial charge >= 0.3 is 0 Å². The Kier molecular flexibility index (Phi) is 4.45. The van der Waals surface area contributed by atoms with E-state index in [1.54, 1.807) is 0 Å². The van der Waals surface area contributed by atoms with Crippen LogP contribution in [0.25, 0.3) is 0 Å². The van der Waals surface area contributed by atoms with Gasteiger partial charge in [0.1, 0.15) is 0 Å². The number of nitrogens with zero attached hydrogens (tertiary/aromatic N) is 2. The van der Waals surface area contributed by atoms with Crippen molar-refractivity contribution in [1.29, 1.82) is 0 Å². The van der Waals surface area contributed by atoms with Crippen molar-refractivity contribution in [2.45, 2.75) is 39.3 Å². The molecule has 1 N–H and O–H groups in total. The normalized spacial score (nSPS) is 37.6. The molecule has 2 fully saturated rings. The van der Waals surface area contributed by atoms with Crippen LogP contribution in [-0.4, -0.2) is 61.7 Å². The summed E-state index contributed by atoms with van der Waals surface area (Å²) in [6, 6.07) is 1.54. The van der Waals surface area contributed by atoms with Crippen molar-refractivity contribution >= 4 is 0 Å². The van der Waals surface area contributed by atoms with E-state index in [-0.39, 0.29) is 0 Å². The van der Waals surface area contributed by atoms with Gasteiger partial charge in [-0.15, -0.1) is 0 Å². The highest BCUT2D eigenvalue weighted by Gasteiger charge is 2.35. The molecule has 2 saturated heterocycles. The first-order chi connectivity index (χ1) is 8.09. The molecule has 100 valence electrons. The Morgan fingerprint density at radius 2 is 2.00 bits per heavy atom. The number of hydrogen-bond acceptors (Lipinski definition) is 3. The molecule has 17 heavy (non-hydrogen) atoms. The summed E-state index contributed by atoms with van der Waals surface area (Å²) in [5, 5.41) is 3.56. The molecule has 2 heterocycles. The highest BCUT2D eigenvalue weighted by molar-refractivity contribution is 4.91. The van der Waals surface area contributed by atoms with Crippen molar-refractivity contribution in [3.05, 3.63) is 0 Å². The molecule has 2 aliphatic rings. The first-order valence-corrected chi connectivity index (χ1v) is 7.24. The van der Waals surface area contributed by atoms with Crippen LogP contribution in [0, 0.1) is 11.8 Å². The van der Waals surface area contributed by atoms with Crippen LogP contribution in [-0.2, 0) is 0 Å². The average molecular weight is 239 g/mol. The standard InChI is InChI=1S/C14H29N3/c1-11(2)14-9-15-6-8-17(14)13-5-7-16(4)10-12(13)3/h11-15H,5-10H2,1-4H3. The summed E-state index contributed by atoms with van der Waals surface area (Å²) in [5.41, 5.74) is 0. The molecule has 0 radical (unpaired) electrons. The third kappa shape index (κ3) is 3.01. The number of piperidine rings is 1. The first kappa shape index (κ1) is 13.3. The van der Waals surface area contributed by atoms with Gasteiger partial charge in [-0.3, -0.25) is 4.90 Å². The lowest BCUT2D eigenvalue weighted by Gasteiger charge is -2.48. The maximum Gasteiger partial charge on any atom is 0.0247 e. The molecule has 0 aromatic rings. The first-order valence-electron chi connectivity index (χ1n) is 7.24. The van der Waals surface area contributed by atoms with Crippen LogP contribution in [0.1, 0.15) is 27.2 Å². The Morgan fingerprint density at radius 3 is 2.65 bits per heavy atom. The van der Waals surface area contributed by atoms with Gasteiger partial charge in [-0.25, -0.2) is 0 Å².